The first-order chi connectivity index (χ1) is 13.4. The van der Waals surface area contributed by atoms with E-state index < -0.39 is 11.9 Å². The summed E-state index contributed by atoms with van der Waals surface area (Å²) in [5.41, 5.74) is 1.07. The number of aliphatic hydroxyl groups excluding tert-OH is 1. The lowest BCUT2D eigenvalue weighted by Gasteiger charge is -2.37. The molecular formula is C21H25N2O5+. The van der Waals surface area contributed by atoms with Crippen molar-refractivity contribution >= 4 is 11.5 Å². The Balaban J connectivity index is 1.61. The Labute approximate surface area is 163 Å². The van der Waals surface area contributed by atoms with E-state index in [-0.39, 0.29) is 28.3 Å². The Hall–Kier alpha value is -2.61. The molecule has 0 bridgehead atoms. The first-order valence-electron chi connectivity index (χ1n) is 9.47. The number of nitrogens with one attached hydrogen (secondary N) is 1. The summed E-state index contributed by atoms with van der Waals surface area (Å²) in [7, 11) is 2.16. The third-order valence-electron chi connectivity index (χ3n) is 5.84. The Morgan fingerprint density at radius 1 is 1.21 bits per heavy atom. The molecule has 2 aromatic rings. The van der Waals surface area contributed by atoms with Crippen LogP contribution >= 0.6 is 0 Å². The van der Waals surface area contributed by atoms with Gasteiger partial charge in [0.05, 0.1) is 44.6 Å². The van der Waals surface area contributed by atoms with Crippen molar-refractivity contribution < 1.29 is 29.3 Å². The minimum Gasteiger partial charge on any atom is -0.507 e. The summed E-state index contributed by atoms with van der Waals surface area (Å²) in [5.74, 6) is -0.854. The largest absolute Gasteiger partial charge is 0.507 e. The van der Waals surface area contributed by atoms with Crippen molar-refractivity contribution in [2.24, 2.45) is 0 Å². The van der Waals surface area contributed by atoms with Gasteiger partial charge in [0.2, 0.25) is 0 Å². The number of carbonyl (C=O) groups is 1. The molecule has 0 radical (unpaired) electrons. The van der Waals surface area contributed by atoms with Gasteiger partial charge in [0, 0.05) is 17.2 Å². The summed E-state index contributed by atoms with van der Waals surface area (Å²) in [5, 5.41) is 35.0. The minimum absolute atomic E-state index is 0.0412. The van der Waals surface area contributed by atoms with Crippen LogP contribution in [0.4, 0.5) is 5.69 Å². The molecule has 7 heteroatoms. The second kappa shape index (κ2) is 7.09. The number of likely N-dealkylation sites (N-methyl/N-ethyl adjacent to an activating group) is 1. The number of hydrogen-bond acceptors (Lipinski definition) is 6. The number of carbonyl (C=O) groups excluding carboxylic acids is 1. The molecule has 2 aliphatic rings. The Kier molecular flexibility index (Phi) is 4.74. The molecule has 4 rings (SSSR count). The summed E-state index contributed by atoms with van der Waals surface area (Å²) in [6, 6.07) is 8.07. The zero-order valence-electron chi connectivity index (χ0n) is 15.8. The van der Waals surface area contributed by atoms with E-state index in [1.807, 2.05) is 0 Å². The van der Waals surface area contributed by atoms with Gasteiger partial charge in [0.1, 0.15) is 24.9 Å². The van der Waals surface area contributed by atoms with Gasteiger partial charge in [-0.1, -0.05) is 24.3 Å². The maximum atomic E-state index is 12.9. The third kappa shape index (κ3) is 3.11. The number of rotatable bonds is 4. The summed E-state index contributed by atoms with van der Waals surface area (Å²) in [6.07, 6.45) is -1.17. The summed E-state index contributed by atoms with van der Waals surface area (Å²) >= 11 is 0. The first-order valence-corrected chi connectivity index (χ1v) is 9.47. The molecule has 0 saturated carbocycles. The highest BCUT2D eigenvalue weighted by atomic mass is 16.5. The highest BCUT2D eigenvalue weighted by molar-refractivity contribution is 6.15. The van der Waals surface area contributed by atoms with Gasteiger partial charge >= 0.3 is 0 Å². The lowest BCUT2D eigenvalue weighted by Crippen LogP contribution is -2.53. The number of ketones is 1. The monoisotopic (exact) mass is 385 g/mol. The molecule has 4 N–H and O–H groups in total. The van der Waals surface area contributed by atoms with Crippen molar-refractivity contribution in [2.45, 2.75) is 6.10 Å². The highest BCUT2D eigenvalue weighted by Crippen LogP contribution is 2.46. The second-order valence-corrected chi connectivity index (χ2v) is 7.73. The van der Waals surface area contributed by atoms with Crippen LogP contribution in [-0.2, 0) is 4.74 Å². The molecule has 1 aliphatic heterocycles. The van der Waals surface area contributed by atoms with E-state index in [4.69, 9.17) is 4.74 Å². The number of phenolic OH excluding ortho intramolecular Hbond substituents is 2. The fraction of sp³-hybridized carbons (Fsp3) is 0.381. The van der Waals surface area contributed by atoms with Gasteiger partial charge in [-0.25, -0.2) is 0 Å². The molecule has 1 heterocycles. The van der Waals surface area contributed by atoms with Crippen molar-refractivity contribution in [3.63, 3.8) is 0 Å². The number of aliphatic hydroxyl groups is 1. The van der Waals surface area contributed by atoms with E-state index in [0.717, 1.165) is 37.3 Å². The normalized spacial score (nSPS) is 20.4. The number of fused-ring (bicyclic) bond motifs is 2. The molecule has 0 aromatic heterocycles. The van der Waals surface area contributed by atoms with Gasteiger partial charge in [-0.15, -0.1) is 0 Å². The average molecular weight is 385 g/mol. The van der Waals surface area contributed by atoms with Gasteiger partial charge in [0.15, 0.2) is 11.5 Å². The maximum absolute atomic E-state index is 12.9. The molecule has 28 heavy (non-hydrogen) atoms. The van der Waals surface area contributed by atoms with Crippen LogP contribution in [-0.4, -0.2) is 72.0 Å². The Bertz CT molecular complexity index is 921. The van der Waals surface area contributed by atoms with Crippen LogP contribution in [0.5, 0.6) is 11.5 Å². The van der Waals surface area contributed by atoms with Crippen LogP contribution in [0.2, 0.25) is 0 Å². The topological polar surface area (TPSA) is 99.0 Å². The number of aromatic hydroxyl groups is 2. The van der Waals surface area contributed by atoms with Crippen molar-refractivity contribution in [3.05, 3.63) is 52.6 Å². The lowest BCUT2D eigenvalue weighted by atomic mass is 9.81. The molecule has 1 saturated heterocycles. The molecule has 1 unspecified atom stereocenters. The van der Waals surface area contributed by atoms with Gasteiger partial charge in [-0.05, 0) is 5.56 Å². The van der Waals surface area contributed by atoms with E-state index in [1.54, 1.807) is 24.3 Å². The number of quaternary nitrogens is 1. The zero-order valence-corrected chi connectivity index (χ0v) is 15.8. The van der Waals surface area contributed by atoms with E-state index in [2.05, 4.69) is 12.4 Å². The highest BCUT2D eigenvalue weighted by Gasteiger charge is 2.35. The number of nitrogens with zero attached hydrogens (tertiary/aromatic N) is 1. The lowest BCUT2D eigenvalue weighted by molar-refractivity contribution is -0.915. The SMILES string of the molecule is C[N+]1(CCNc2cc(O)c3c(c2O)C(=O)c2ccccc2C3O)CCOCC1. The third-order valence-corrected chi connectivity index (χ3v) is 5.84. The molecule has 0 amide bonds. The maximum Gasteiger partial charge on any atom is 0.197 e. The fourth-order valence-corrected chi connectivity index (χ4v) is 4.01. The van der Waals surface area contributed by atoms with Gasteiger partial charge < -0.3 is 29.9 Å². The van der Waals surface area contributed by atoms with E-state index in [9.17, 15) is 20.1 Å². The van der Waals surface area contributed by atoms with Crippen LogP contribution in [0.1, 0.15) is 33.2 Å². The van der Waals surface area contributed by atoms with Crippen molar-refractivity contribution in [1.29, 1.82) is 0 Å². The molecule has 1 fully saturated rings. The molecular weight excluding hydrogens is 360 g/mol. The molecule has 0 spiro atoms. The minimum atomic E-state index is -1.17. The predicted octanol–water partition coefficient (Wildman–Crippen LogP) is 1.61. The molecule has 2 aromatic carbocycles. The number of anilines is 1. The Morgan fingerprint density at radius 3 is 2.68 bits per heavy atom. The first kappa shape index (κ1) is 18.7. The van der Waals surface area contributed by atoms with Crippen LogP contribution in [0, 0.1) is 0 Å². The number of morpholine rings is 1. The van der Waals surface area contributed by atoms with E-state index in [1.165, 1.54) is 6.07 Å². The fourth-order valence-electron chi connectivity index (χ4n) is 4.01. The smallest absolute Gasteiger partial charge is 0.197 e. The summed E-state index contributed by atoms with van der Waals surface area (Å²) in [6.45, 7) is 4.69. The Morgan fingerprint density at radius 2 is 1.93 bits per heavy atom. The number of hydrogen-bond donors (Lipinski definition) is 4. The molecule has 1 atom stereocenters. The molecule has 148 valence electrons. The molecule has 7 nitrogen and oxygen atoms in total. The van der Waals surface area contributed by atoms with E-state index >= 15 is 0 Å². The van der Waals surface area contributed by atoms with Crippen molar-refractivity contribution in [1.82, 2.24) is 0 Å². The zero-order chi connectivity index (χ0) is 19.9. The van der Waals surface area contributed by atoms with Gasteiger partial charge in [-0.3, -0.25) is 4.79 Å². The van der Waals surface area contributed by atoms with Crippen LogP contribution in [0.25, 0.3) is 0 Å². The van der Waals surface area contributed by atoms with Gasteiger partial charge in [-0.2, -0.15) is 0 Å². The van der Waals surface area contributed by atoms with Gasteiger partial charge in [0.25, 0.3) is 0 Å². The van der Waals surface area contributed by atoms with Crippen LogP contribution < -0.4 is 5.32 Å². The standard InChI is InChI=1S/C21H24N2O5/c1-23(8-10-28-11-9-23)7-6-22-15-12-16(24)17-18(21(15)27)20(26)14-5-3-2-4-13(14)19(17)25/h2-5,12,19,22,25H,6-11H2,1H3,(H-,24,26,27)/p+1. The molecule has 1 aliphatic carbocycles. The number of benzene rings is 2. The van der Waals surface area contributed by atoms with Crippen LogP contribution in [0.15, 0.2) is 30.3 Å². The van der Waals surface area contributed by atoms with Crippen molar-refractivity contribution in [2.75, 3.05) is 51.8 Å². The van der Waals surface area contributed by atoms with E-state index in [0.29, 0.717) is 17.7 Å². The van der Waals surface area contributed by atoms with Crippen LogP contribution in [0.3, 0.4) is 0 Å². The predicted molar refractivity (Wildman–Crippen MR) is 104 cm³/mol. The summed E-state index contributed by atoms with van der Waals surface area (Å²) in [4.78, 5) is 12.9. The second-order valence-electron chi connectivity index (χ2n) is 7.73. The number of ether oxygens (including phenoxy) is 1. The summed E-state index contributed by atoms with van der Waals surface area (Å²) < 4.78 is 6.26. The number of phenols is 2. The quantitative estimate of drug-likeness (QED) is 0.363. The van der Waals surface area contributed by atoms with Crippen molar-refractivity contribution in [3.8, 4) is 11.5 Å². The average Bonchev–Trinajstić information content (AvgIpc) is 2.69.